The number of benzene rings is 1. The smallest absolute Gasteiger partial charge is 0.342 e. The molecule has 0 aliphatic rings. The zero-order valence-corrected chi connectivity index (χ0v) is 10.3. The molecule has 0 radical (unpaired) electrons. The average Bonchev–Trinajstić information content (AvgIpc) is 2.54. The fraction of sp³-hybridized carbons (Fsp3) is 0.417. The van der Waals surface area contributed by atoms with Crippen LogP contribution in [0.1, 0.15) is 17.4 Å². The molecule has 1 atom stereocenters. The van der Waals surface area contributed by atoms with Crippen molar-refractivity contribution in [2.24, 2.45) is 0 Å². The molecular formula is C12H14F3N3. The highest BCUT2D eigenvalue weighted by molar-refractivity contribution is 5.76. The Labute approximate surface area is 103 Å². The lowest BCUT2D eigenvalue weighted by atomic mass is 10.0. The van der Waals surface area contributed by atoms with Gasteiger partial charge in [-0.1, -0.05) is 6.07 Å². The van der Waals surface area contributed by atoms with Gasteiger partial charge in [-0.3, -0.25) is 4.90 Å². The molecule has 6 heteroatoms. The van der Waals surface area contributed by atoms with Crippen LogP contribution < -0.4 is 0 Å². The molecule has 0 amide bonds. The first-order chi connectivity index (χ1) is 8.29. The number of aryl methyl sites for hydroxylation is 1. The molecule has 0 saturated carbocycles. The highest BCUT2D eigenvalue weighted by atomic mass is 19.4. The van der Waals surface area contributed by atoms with Crippen molar-refractivity contribution in [2.45, 2.75) is 19.1 Å². The van der Waals surface area contributed by atoms with Crippen molar-refractivity contribution in [3.05, 3.63) is 29.6 Å². The van der Waals surface area contributed by atoms with E-state index in [1.807, 2.05) is 0 Å². The van der Waals surface area contributed by atoms with E-state index in [0.29, 0.717) is 16.9 Å². The molecule has 0 aliphatic heterocycles. The van der Waals surface area contributed by atoms with Gasteiger partial charge in [-0.05, 0) is 38.7 Å². The van der Waals surface area contributed by atoms with E-state index in [9.17, 15) is 13.2 Å². The maximum Gasteiger partial charge on any atom is 0.408 e. The van der Waals surface area contributed by atoms with Crippen molar-refractivity contribution >= 4 is 11.0 Å². The van der Waals surface area contributed by atoms with E-state index in [0.717, 1.165) is 4.90 Å². The van der Waals surface area contributed by atoms with Gasteiger partial charge in [-0.15, -0.1) is 0 Å². The molecule has 1 N–H and O–H groups in total. The second-order valence-electron chi connectivity index (χ2n) is 4.51. The Balaban J connectivity index is 2.51. The zero-order valence-electron chi connectivity index (χ0n) is 10.3. The number of imidazole rings is 1. The largest absolute Gasteiger partial charge is 0.408 e. The summed E-state index contributed by atoms with van der Waals surface area (Å²) in [5, 5.41) is 0. The number of alkyl halides is 3. The number of H-pyrrole nitrogens is 1. The summed E-state index contributed by atoms with van der Waals surface area (Å²) in [5.74, 6) is 0.690. The molecule has 2 rings (SSSR count). The minimum atomic E-state index is -4.30. The lowest BCUT2D eigenvalue weighted by molar-refractivity contribution is -0.179. The van der Waals surface area contributed by atoms with E-state index in [4.69, 9.17) is 0 Å². The van der Waals surface area contributed by atoms with E-state index in [-0.39, 0.29) is 5.56 Å². The Morgan fingerprint density at radius 2 is 1.94 bits per heavy atom. The van der Waals surface area contributed by atoms with Crippen LogP contribution in [0.15, 0.2) is 18.2 Å². The van der Waals surface area contributed by atoms with Crippen molar-refractivity contribution in [3.8, 4) is 0 Å². The van der Waals surface area contributed by atoms with Gasteiger partial charge in [0.05, 0.1) is 11.0 Å². The van der Waals surface area contributed by atoms with E-state index < -0.39 is 12.2 Å². The summed E-state index contributed by atoms with van der Waals surface area (Å²) in [4.78, 5) is 8.27. The maximum atomic E-state index is 13.0. The molecule has 1 aromatic carbocycles. The fourth-order valence-corrected chi connectivity index (χ4v) is 2.10. The molecular weight excluding hydrogens is 243 g/mol. The van der Waals surface area contributed by atoms with E-state index in [2.05, 4.69) is 9.97 Å². The molecule has 98 valence electrons. The molecule has 1 unspecified atom stereocenters. The van der Waals surface area contributed by atoms with Crippen LogP contribution in [0.25, 0.3) is 11.0 Å². The molecule has 0 aliphatic carbocycles. The number of aromatic nitrogens is 2. The normalized spacial score (nSPS) is 14.4. The third-order valence-electron chi connectivity index (χ3n) is 2.77. The van der Waals surface area contributed by atoms with Crippen LogP contribution in [0.4, 0.5) is 13.2 Å². The lowest BCUT2D eigenvalue weighted by Crippen LogP contribution is -2.33. The van der Waals surface area contributed by atoms with Gasteiger partial charge in [-0.2, -0.15) is 13.2 Å². The van der Waals surface area contributed by atoms with Gasteiger partial charge in [0.15, 0.2) is 0 Å². The molecule has 0 spiro atoms. The monoisotopic (exact) mass is 257 g/mol. The topological polar surface area (TPSA) is 31.9 Å². The van der Waals surface area contributed by atoms with E-state index in [1.165, 1.54) is 26.2 Å². The van der Waals surface area contributed by atoms with Crippen molar-refractivity contribution in [1.29, 1.82) is 0 Å². The summed E-state index contributed by atoms with van der Waals surface area (Å²) in [6.07, 6.45) is -4.30. The van der Waals surface area contributed by atoms with Crippen LogP contribution in [0.5, 0.6) is 0 Å². The standard InChI is InChI=1S/C12H14F3N3/c1-7-16-9-5-4-8(6-10(9)17-7)11(18(2)3)12(13,14)15/h4-6,11H,1-3H3,(H,16,17). The number of hydrogen-bond acceptors (Lipinski definition) is 2. The van der Waals surface area contributed by atoms with Crippen LogP contribution in [-0.4, -0.2) is 35.1 Å². The SMILES string of the molecule is Cc1nc2ccc(C(N(C)C)C(F)(F)F)cc2[nH]1. The first kappa shape index (κ1) is 12.9. The van der Waals surface area contributed by atoms with E-state index in [1.54, 1.807) is 13.0 Å². The molecule has 18 heavy (non-hydrogen) atoms. The summed E-state index contributed by atoms with van der Waals surface area (Å²) in [6.45, 7) is 1.77. The van der Waals surface area contributed by atoms with E-state index >= 15 is 0 Å². The summed E-state index contributed by atoms with van der Waals surface area (Å²) in [7, 11) is 2.83. The first-order valence-electron chi connectivity index (χ1n) is 5.48. The molecule has 1 heterocycles. The van der Waals surface area contributed by atoms with Gasteiger partial charge in [-0.25, -0.2) is 4.98 Å². The highest BCUT2D eigenvalue weighted by Crippen LogP contribution is 2.36. The van der Waals surface area contributed by atoms with Crippen LogP contribution >= 0.6 is 0 Å². The third kappa shape index (κ3) is 2.33. The van der Waals surface area contributed by atoms with Crippen LogP contribution in [0, 0.1) is 6.92 Å². The second kappa shape index (κ2) is 4.28. The van der Waals surface area contributed by atoms with Gasteiger partial charge in [0.25, 0.3) is 0 Å². The number of fused-ring (bicyclic) bond motifs is 1. The zero-order chi connectivity index (χ0) is 13.5. The number of nitrogens with zero attached hydrogens (tertiary/aromatic N) is 2. The summed E-state index contributed by atoms with van der Waals surface area (Å²) in [5.41, 5.74) is 1.51. The maximum absolute atomic E-state index is 13.0. The highest BCUT2D eigenvalue weighted by Gasteiger charge is 2.42. The Morgan fingerprint density at radius 1 is 1.28 bits per heavy atom. The number of hydrogen-bond donors (Lipinski definition) is 1. The van der Waals surface area contributed by atoms with Crippen LogP contribution in [-0.2, 0) is 0 Å². The summed E-state index contributed by atoms with van der Waals surface area (Å²) in [6, 6.07) is 2.98. The molecule has 1 aromatic heterocycles. The molecule has 0 saturated heterocycles. The predicted octanol–water partition coefficient (Wildman–Crippen LogP) is 3.04. The van der Waals surface area contributed by atoms with Crippen LogP contribution in [0.3, 0.4) is 0 Å². The second-order valence-corrected chi connectivity index (χ2v) is 4.51. The quantitative estimate of drug-likeness (QED) is 0.896. The van der Waals surface area contributed by atoms with Crippen molar-refractivity contribution in [1.82, 2.24) is 14.9 Å². The fourth-order valence-electron chi connectivity index (χ4n) is 2.10. The minimum Gasteiger partial charge on any atom is -0.342 e. The average molecular weight is 257 g/mol. The Bertz CT molecular complexity index is 557. The Hall–Kier alpha value is -1.56. The van der Waals surface area contributed by atoms with Crippen molar-refractivity contribution in [3.63, 3.8) is 0 Å². The molecule has 2 aromatic rings. The van der Waals surface area contributed by atoms with Gasteiger partial charge in [0.1, 0.15) is 11.9 Å². The van der Waals surface area contributed by atoms with Crippen molar-refractivity contribution in [2.75, 3.05) is 14.1 Å². The molecule has 3 nitrogen and oxygen atoms in total. The lowest BCUT2D eigenvalue weighted by Gasteiger charge is -2.26. The first-order valence-corrected chi connectivity index (χ1v) is 5.48. The van der Waals surface area contributed by atoms with Gasteiger partial charge >= 0.3 is 6.18 Å². The minimum absolute atomic E-state index is 0.212. The van der Waals surface area contributed by atoms with Gasteiger partial charge in [0.2, 0.25) is 0 Å². The molecule has 0 fully saturated rings. The Morgan fingerprint density at radius 3 is 2.50 bits per heavy atom. The van der Waals surface area contributed by atoms with Crippen molar-refractivity contribution < 1.29 is 13.2 Å². The third-order valence-corrected chi connectivity index (χ3v) is 2.77. The Kier molecular flexibility index (Phi) is 3.06. The number of rotatable bonds is 2. The number of nitrogens with one attached hydrogen (secondary N) is 1. The van der Waals surface area contributed by atoms with Crippen LogP contribution in [0.2, 0.25) is 0 Å². The van der Waals surface area contributed by atoms with Gasteiger partial charge in [0, 0.05) is 0 Å². The molecule has 0 bridgehead atoms. The number of aromatic amines is 1. The summed E-state index contributed by atoms with van der Waals surface area (Å²) < 4.78 is 39.0. The predicted molar refractivity (Wildman–Crippen MR) is 63.3 cm³/mol. The summed E-state index contributed by atoms with van der Waals surface area (Å²) >= 11 is 0. The van der Waals surface area contributed by atoms with Gasteiger partial charge < -0.3 is 4.98 Å². The number of halogens is 3.